The van der Waals surface area contributed by atoms with Crippen LogP contribution < -0.4 is 4.90 Å². The monoisotopic (exact) mass is 444 g/mol. The summed E-state index contributed by atoms with van der Waals surface area (Å²) in [4.78, 5) is 38.6. The molecule has 1 heterocycles. The van der Waals surface area contributed by atoms with Gasteiger partial charge in [0.1, 0.15) is 11.3 Å². The fraction of sp³-hybridized carbons (Fsp3) is 0.583. The van der Waals surface area contributed by atoms with Crippen LogP contribution in [0.2, 0.25) is 0 Å². The van der Waals surface area contributed by atoms with Crippen molar-refractivity contribution in [1.29, 1.82) is 0 Å². The number of carbonyl (C=O) groups is 2. The number of nitrogens with zero attached hydrogens (tertiary/aromatic N) is 2. The van der Waals surface area contributed by atoms with E-state index in [0.717, 1.165) is 19.3 Å². The number of ether oxygens (including phenoxy) is 2. The maximum atomic E-state index is 12.6. The fourth-order valence-corrected chi connectivity index (χ4v) is 4.33. The Morgan fingerprint density at radius 3 is 2.09 bits per heavy atom. The van der Waals surface area contributed by atoms with E-state index in [1.54, 1.807) is 12.1 Å². The second-order valence-electron chi connectivity index (χ2n) is 9.51. The van der Waals surface area contributed by atoms with E-state index in [9.17, 15) is 19.7 Å². The topological polar surface area (TPSA) is 99.0 Å². The SMILES string of the molecule is CC(C)CN(CC(C)C)c1ccc(C=C2C(=O)OC3(CCCCC3)OC2=O)cc1[N+](=O)[O-]. The van der Waals surface area contributed by atoms with Crippen LogP contribution in [0.3, 0.4) is 0 Å². The Labute approximate surface area is 188 Å². The molecule has 32 heavy (non-hydrogen) atoms. The number of rotatable bonds is 7. The number of anilines is 1. The lowest BCUT2D eigenvalue weighted by Crippen LogP contribution is -2.47. The second kappa shape index (κ2) is 9.71. The van der Waals surface area contributed by atoms with E-state index in [0.29, 0.717) is 49.0 Å². The Hall–Kier alpha value is -2.90. The largest absolute Gasteiger partial charge is 0.419 e. The lowest BCUT2D eigenvalue weighted by Gasteiger charge is -2.38. The minimum absolute atomic E-state index is 0.0676. The van der Waals surface area contributed by atoms with Gasteiger partial charge in [-0.15, -0.1) is 0 Å². The molecule has 3 rings (SSSR count). The van der Waals surface area contributed by atoms with Crippen molar-refractivity contribution in [3.63, 3.8) is 0 Å². The van der Waals surface area contributed by atoms with Crippen molar-refractivity contribution in [3.05, 3.63) is 39.4 Å². The Morgan fingerprint density at radius 1 is 1.03 bits per heavy atom. The Balaban J connectivity index is 1.91. The minimum atomic E-state index is -1.16. The summed E-state index contributed by atoms with van der Waals surface area (Å²) in [6.07, 6.45) is 4.98. The van der Waals surface area contributed by atoms with E-state index in [2.05, 4.69) is 27.7 Å². The normalized spacial score (nSPS) is 18.0. The predicted molar refractivity (Wildman–Crippen MR) is 121 cm³/mol. The van der Waals surface area contributed by atoms with Crippen LogP contribution in [0.15, 0.2) is 23.8 Å². The number of benzene rings is 1. The Kier molecular flexibility index (Phi) is 7.21. The third-order valence-electron chi connectivity index (χ3n) is 5.63. The van der Waals surface area contributed by atoms with Crippen LogP contribution in [-0.4, -0.2) is 35.7 Å². The first-order chi connectivity index (χ1) is 15.1. The molecular weight excluding hydrogens is 412 g/mol. The molecule has 2 aliphatic rings. The number of carbonyl (C=O) groups excluding carboxylic acids is 2. The zero-order valence-corrected chi connectivity index (χ0v) is 19.3. The molecule has 0 radical (unpaired) electrons. The van der Waals surface area contributed by atoms with Crippen LogP contribution in [0.5, 0.6) is 0 Å². The summed E-state index contributed by atoms with van der Waals surface area (Å²) in [6, 6.07) is 4.74. The number of nitro benzene ring substituents is 1. The predicted octanol–water partition coefficient (Wildman–Crippen LogP) is 4.86. The molecule has 0 bridgehead atoms. The Morgan fingerprint density at radius 2 is 1.59 bits per heavy atom. The summed E-state index contributed by atoms with van der Waals surface area (Å²) in [5, 5.41) is 11.8. The lowest BCUT2D eigenvalue weighted by molar-refractivity contribution is -0.384. The van der Waals surface area contributed by atoms with E-state index >= 15 is 0 Å². The average molecular weight is 445 g/mol. The van der Waals surface area contributed by atoms with Gasteiger partial charge >= 0.3 is 11.9 Å². The van der Waals surface area contributed by atoms with Crippen LogP contribution in [0.25, 0.3) is 6.08 Å². The molecule has 1 spiro atoms. The van der Waals surface area contributed by atoms with Crippen LogP contribution in [0, 0.1) is 22.0 Å². The van der Waals surface area contributed by atoms with Crippen molar-refractivity contribution in [2.24, 2.45) is 11.8 Å². The molecular formula is C24H32N2O6. The lowest BCUT2D eigenvalue weighted by atomic mass is 9.93. The molecule has 174 valence electrons. The molecule has 1 aliphatic carbocycles. The quantitative estimate of drug-likeness (QED) is 0.195. The molecule has 8 nitrogen and oxygen atoms in total. The number of nitro groups is 1. The zero-order chi connectivity index (χ0) is 23.5. The molecule has 0 N–H and O–H groups in total. The summed E-state index contributed by atoms with van der Waals surface area (Å²) in [5.41, 5.74) is 0.582. The number of esters is 2. The second-order valence-corrected chi connectivity index (χ2v) is 9.51. The third kappa shape index (κ3) is 5.47. The average Bonchev–Trinajstić information content (AvgIpc) is 2.70. The van der Waals surface area contributed by atoms with Crippen molar-refractivity contribution in [2.75, 3.05) is 18.0 Å². The van der Waals surface area contributed by atoms with Gasteiger partial charge in [0, 0.05) is 32.0 Å². The van der Waals surface area contributed by atoms with Crippen molar-refractivity contribution < 1.29 is 24.0 Å². The van der Waals surface area contributed by atoms with Gasteiger partial charge in [0.15, 0.2) is 0 Å². The highest BCUT2D eigenvalue weighted by molar-refractivity contribution is 6.19. The van der Waals surface area contributed by atoms with Gasteiger partial charge in [0.05, 0.1) is 4.92 Å². The van der Waals surface area contributed by atoms with Gasteiger partial charge in [-0.2, -0.15) is 0 Å². The summed E-state index contributed by atoms with van der Waals surface area (Å²) >= 11 is 0. The van der Waals surface area contributed by atoms with E-state index in [1.165, 1.54) is 12.1 Å². The molecule has 1 saturated carbocycles. The van der Waals surface area contributed by atoms with Crippen LogP contribution >= 0.6 is 0 Å². The van der Waals surface area contributed by atoms with Gasteiger partial charge in [-0.25, -0.2) is 9.59 Å². The highest BCUT2D eigenvalue weighted by Gasteiger charge is 2.46. The van der Waals surface area contributed by atoms with E-state index in [4.69, 9.17) is 9.47 Å². The van der Waals surface area contributed by atoms with Gasteiger partial charge in [0.2, 0.25) is 0 Å². The van der Waals surface area contributed by atoms with Gasteiger partial charge in [-0.05, 0) is 42.4 Å². The van der Waals surface area contributed by atoms with E-state index in [-0.39, 0.29) is 11.3 Å². The molecule has 1 saturated heterocycles. The first-order valence-electron chi connectivity index (χ1n) is 11.3. The van der Waals surface area contributed by atoms with Crippen molar-refractivity contribution in [2.45, 2.75) is 65.6 Å². The Bertz CT molecular complexity index is 883. The molecule has 1 aromatic carbocycles. The summed E-state index contributed by atoms with van der Waals surface area (Å²) < 4.78 is 11.0. The number of hydrogen-bond donors (Lipinski definition) is 0. The molecule has 0 unspecified atom stereocenters. The molecule has 0 aromatic heterocycles. The molecule has 1 aromatic rings. The highest BCUT2D eigenvalue weighted by Crippen LogP contribution is 2.38. The maximum Gasteiger partial charge on any atom is 0.348 e. The standard InChI is InChI=1S/C24H32N2O6/c1-16(2)14-25(15-17(3)4)20-9-8-18(13-21(20)26(29)30)12-19-22(27)31-24(32-23(19)28)10-6-5-7-11-24/h8-9,12-13,16-17H,5-7,10-11,14-15H2,1-4H3. The molecule has 1 aliphatic heterocycles. The zero-order valence-electron chi connectivity index (χ0n) is 19.3. The van der Waals surface area contributed by atoms with Gasteiger partial charge < -0.3 is 14.4 Å². The third-order valence-corrected chi connectivity index (χ3v) is 5.63. The summed E-state index contributed by atoms with van der Waals surface area (Å²) in [7, 11) is 0. The van der Waals surface area contributed by atoms with Crippen molar-refractivity contribution >= 4 is 29.4 Å². The van der Waals surface area contributed by atoms with Gasteiger partial charge in [-0.3, -0.25) is 10.1 Å². The minimum Gasteiger partial charge on any atom is -0.419 e. The van der Waals surface area contributed by atoms with E-state index < -0.39 is 22.6 Å². The summed E-state index contributed by atoms with van der Waals surface area (Å²) in [5.74, 6) is -1.98. The fourth-order valence-electron chi connectivity index (χ4n) is 4.33. The van der Waals surface area contributed by atoms with Crippen LogP contribution in [0.1, 0.15) is 65.4 Å². The van der Waals surface area contributed by atoms with Crippen molar-refractivity contribution in [3.8, 4) is 0 Å². The van der Waals surface area contributed by atoms with Gasteiger partial charge in [-0.1, -0.05) is 40.2 Å². The maximum absolute atomic E-state index is 12.6. The first-order valence-corrected chi connectivity index (χ1v) is 11.3. The molecule has 0 atom stereocenters. The van der Waals surface area contributed by atoms with Crippen LogP contribution in [-0.2, 0) is 19.1 Å². The van der Waals surface area contributed by atoms with Crippen LogP contribution in [0.4, 0.5) is 11.4 Å². The van der Waals surface area contributed by atoms with Gasteiger partial charge in [0.25, 0.3) is 11.5 Å². The summed E-state index contributed by atoms with van der Waals surface area (Å²) in [6.45, 7) is 9.63. The highest BCUT2D eigenvalue weighted by atomic mass is 16.7. The molecule has 0 amide bonds. The molecule has 2 fully saturated rings. The van der Waals surface area contributed by atoms with E-state index in [1.807, 2.05) is 4.90 Å². The first kappa shape index (κ1) is 23.8. The number of hydrogen-bond acceptors (Lipinski definition) is 7. The van der Waals surface area contributed by atoms with Crippen molar-refractivity contribution in [1.82, 2.24) is 0 Å². The smallest absolute Gasteiger partial charge is 0.348 e. The molecule has 8 heteroatoms.